The van der Waals surface area contributed by atoms with Crippen LogP contribution in [0.5, 0.6) is 0 Å². The van der Waals surface area contributed by atoms with Crippen molar-refractivity contribution in [2.24, 2.45) is 0 Å². The molecule has 0 bridgehead atoms. The molecule has 0 heterocycles. The highest BCUT2D eigenvalue weighted by Gasteiger charge is 2.26. The lowest BCUT2D eigenvalue weighted by Gasteiger charge is -2.19. The molecule has 0 fully saturated rings. The predicted octanol–water partition coefficient (Wildman–Crippen LogP) is 3.29. The van der Waals surface area contributed by atoms with Crippen LogP contribution in [0.3, 0.4) is 0 Å². The van der Waals surface area contributed by atoms with Gasteiger partial charge in [0.25, 0.3) is 5.91 Å². The third kappa shape index (κ3) is 5.30. The van der Waals surface area contributed by atoms with E-state index in [1.54, 1.807) is 30.3 Å². The Morgan fingerprint density at radius 3 is 2.00 bits per heavy atom. The SMILES string of the molecule is COC(=O)[C@H](Cc1ccc(-c2ccccc2)cc1)NC(=O)[C@@H](O)c1ccccc1. The number of methoxy groups -OCH3 is 1. The molecule has 0 unspecified atom stereocenters. The van der Waals surface area contributed by atoms with Crippen LogP contribution in [0.4, 0.5) is 0 Å². The second kappa shape index (κ2) is 9.66. The predicted molar refractivity (Wildman–Crippen MR) is 111 cm³/mol. The fourth-order valence-corrected chi connectivity index (χ4v) is 3.07. The van der Waals surface area contributed by atoms with Gasteiger partial charge in [0.2, 0.25) is 0 Å². The number of carbonyl (C=O) groups excluding carboxylic acids is 2. The van der Waals surface area contributed by atoms with Crippen molar-refractivity contribution >= 4 is 11.9 Å². The molecule has 2 N–H and O–H groups in total. The van der Waals surface area contributed by atoms with Crippen molar-refractivity contribution in [3.05, 3.63) is 96.1 Å². The van der Waals surface area contributed by atoms with Crippen molar-refractivity contribution < 1.29 is 19.4 Å². The highest BCUT2D eigenvalue weighted by molar-refractivity contribution is 5.87. The van der Waals surface area contributed by atoms with Crippen LogP contribution in [-0.2, 0) is 20.7 Å². The van der Waals surface area contributed by atoms with Crippen molar-refractivity contribution in [2.75, 3.05) is 7.11 Å². The van der Waals surface area contributed by atoms with E-state index >= 15 is 0 Å². The van der Waals surface area contributed by atoms with E-state index in [9.17, 15) is 14.7 Å². The summed E-state index contributed by atoms with van der Waals surface area (Å²) in [6.07, 6.45) is -1.10. The number of aliphatic hydroxyl groups excluding tert-OH is 1. The Morgan fingerprint density at radius 1 is 0.862 bits per heavy atom. The molecular weight excluding hydrogens is 366 g/mol. The average molecular weight is 389 g/mol. The summed E-state index contributed by atoms with van der Waals surface area (Å²) in [5.41, 5.74) is 3.49. The Balaban J connectivity index is 1.71. The fraction of sp³-hybridized carbons (Fsp3) is 0.167. The molecule has 1 amide bonds. The summed E-state index contributed by atoms with van der Waals surface area (Å²) in [4.78, 5) is 24.6. The molecule has 0 saturated carbocycles. The molecule has 5 nitrogen and oxygen atoms in total. The smallest absolute Gasteiger partial charge is 0.328 e. The average Bonchev–Trinajstić information content (AvgIpc) is 2.79. The molecule has 29 heavy (non-hydrogen) atoms. The first-order valence-electron chi connectivity index (χ1n) is 9.34. The van der Waals surface area contributed by atoms with Gasteiger partial charge < -0.3 is 15.2 Å². The lowest BCUT2D eigenvalue weighted by atomic mass is 10.0. The maximum Gasteiger partial charge on any atom is 0.328 e. The van der Waals surface area contributed by atoms with Gasteiger partial charge in [-0.1, -0.05) is 84.9 Å². The summed E-state index contributed by atoms with van der Waals surface area (Å²) in [5, 5.41) is 12.9. The second-order valence-corrected chi connectivity index (χ2v) is 6.66. The van der Waals surface area contributed by atoms with Crippen LogP contribution in [0.15, 0.2) is 84.9 Å². The third-order valence-electron chi connectivity index (χ3n) is 4.67. The van der Waals surface area contributed by atoms with E-state index in [1.165, 1.54) is 7.11 Å². The molecule has 2 atom stereocenters. The molecule has 0 aliphatic heterocycles. The van der Waals surface area contributed by atoms with Gasteiger partial charge in [-0.25, -0.2) is 4.79 Å². The van der Waals surface area contributed by atoms with Gasteiger partial charge in [0.05, 0.1) is 7.11 Å². The van der Waals surface area contributed by atoms with Crippen molar-refractivity contribution in [1.29, 1.82) is 0 Å². The van der Waals surface area contributed by atoms with E-state index in [0.717, 1.165) is 16.7 Å². The van der Waals surface area contributed by atoms with Gasteiger partial charge in [-0.2, -0.15) is 0 Å². The summed E-state index contributed by atoms with van der Waals surface area (Å²) in [7, 11) is 1.27. The molecule has 3 aromatic rings. The lowest BCUT2D eigenvalue weighted by molar-refractivity contribution is -0.146. The van der Waals surface area contributed by atoms with Crippen molar-refractivity contribution in [3.63, 3.8) is 0 Å². The zero-order valence-corrected chi connectivity index (χ0v) is 16.1. The number of ether oxygens (including phenoxy) is 1. The number of hydrogen-bond donors (Lipinski definition) is 2. The van der Waals surface area contributed by atoms with Gasteiger partial charge in [-0.3, -0.25) is 4.79 Å². The Morgan fingerprint density at radius 2 is 1.41 bits per heavy atom. The number of carbonyl (C=O) groups is 2. The zero-order valence-electron chi connectivity index (χ0n) is 16.1. The number of hydrogen-bond acceptors (Lipinski definition) is 4. The quantitative estimate of drug-likeness (QED) is 0.608. The summed E-state index contributed by atoms with van der Waals surface area (Å²) >= 11 is 0. The van der Waals surface area contributed by atoms with E-state index in [2.05, 4.69) is 5.32 Å². The first-order valence-corrected chi connectivity index (χ1v) is 9.34. The maximum atomic E-state index is 12.4. The zero-order chi connectivity index (χ0) is 20.6. The largest absolute Gasteiger partial charge is 0.467 e. The highest BCUT2D eigenvalue weighted by Crippen LogP contribution is 2.20. The fourth-order valence-electron chi connectivity index (χ4n) is 3.07. The van der Waals surface area contributed by atoms with E-state index < -0.39 is 24.0 Å². The monoisotopic (exact) mass is 389 g/mol. The van der Waals surface area contributed by atoms with Crippen LogP contribution in [0.1, 0.15) is 17.2 Å². The van der Waals surface area contributed by atoms with Gasteiger partial charge in [-0.15, -0.1) is 0 Å². The molecule has 3 rings (SSSR count). The number of nitrogens with one attached hydrogen (secondary N) is 1. The van der Waals surface area contributed by atoms with E-state index in [4.69, 9.17) is 4.74 Å². The summed E-state index contributed by atoms with van der Waals surface area (Å²) < 4.78 is 4.83. The maximum absolute atomic E-state index is 12.4. The number of aliphatic hydroxyl groups is 1. The number of amides is 1. The van der Waals surface area contributed by atoms with Crippen LogP contribution in [0.2, 0.25) is 0 Å². The van der Waals surface area contributed by atoms with Crippen LogP contribution >= 0.6 is 0 Å². The minimum Gasteiger partial charge on any atom is -0.467 e. The molecule has 5 heteroatoms. The van der Waals surface area contributed by atoms with Crippen LogP contribution in [0, 0.1) is 0 Å². The Kier molecular flexibility index (Phi) is 6.76. The normalized spacial score (nSPS) is 12.6. The third-order valence-corrected chi connectivity index (χ3v) is 4.67. The highest BCUT2D eigenvalue weighted by atomic mass is 16.5. The summed E-state index contributed by atoms with van der Waals surface area (Å²) in [6, 6.07) is 25.4. The van der Waals surface area contributed by atoms with Gasteiger partial charge in [0.1, 0.15) is 6.04 Å². The number of esters is 1. The Bertz CT molecular complexity index is 940. The molecular formula is C24H23NO4. The van der Waals surface area contributed by atoms with Crippen LogP contribution < -0.4 is 5.32 Å². The van der Waals surface area contributed by atoms with Crippen molar-refractivity contribution in [1.82, 2.24) is 5.32 Å². The Labute approximate surface area is 170 Å². The molecule has 0 aromatic heterocycles. The first kappa shape index (κ1) is 20.3. The standard InChI is InChI=1S/C24H23NO4/c1-29-24(28)21(25-23(27)22(26)20-10-6-3-7-11-20)16-17-12-14-19(15-13-17)18-8-4-2-5-9-18/h2-15,21-22,26H,16H2,1H3,(H,25,27)/t21-,22-/m0/s1. The van der Waals surface area contributed by atoms with Gasteiger partial charge in [-0.05, 0) is 22.3 Å². The number of rotatable bonds is 7. The molecule has 3 aromatic carbocycles. The molecule has 0 radical (unpaired) electrons. The van der Waals surface area contributed by atoms with E-state index in [1.807, 2.05) is 54.6 Å². The minimum absolute atomic E-state index is 0.259. The molecule has 0 aliphatic carbocycles. The van der Waals surface area contributed by atoms with Gasteiger partial charge >= 0.3 is 5.97 Å². The van der Waals surface area contributed by atoms with Crippen LogP contribution in [0.25, 0.3) is 11.1 Å². The Hall–Kier alpha value is -3.44. The number of benzene rings is 3. The van der Waals surface area contributed by atoms with Crippen molar-refractivity contribution in [2.45, 2.75) is 18.6 Å². The molecule has 148 valence electrons. The van der Waals surface area contributed by atoms with Gasteiger partial charge in [0.15, 0.2) is 6.10 Å². The molecule has 0 saturated heterocycles. The minimum atomic E-state index is -1.36. The topological polar surface area (TPSA) is 75.6 Å². The van der Waals surface area contributed by atoms with E-state index in [-0.39, 0.29) is 6.42 Å². The second-order valence-electron chi connectivity index (χ2n) is 6.66. The van der Waals surface area contributed by atoms with E-state index in [0.29, 0.717) is 5.56 Å². The van der Waals surface area contributed by atoms with Crippen LogP contribution in [-0.4, -0.2) is 30.1 Å². The summed E-state index contributed by atoms with van der Waals surface area (Å²) in [6.45, 7) is 0. The molecule has 0 aliphatic rings. The van der Waals surface area contributed by atoms with Gasteiger partial charge in [0, 0.05) is 6.42 Å². The first-order chi connectivity index (χ1) is 14.1. The summed E-state index contributed by atoms with van der Waals surface area (Å²) in [5.74, 6) is -1.21. The van der Waals surface area contributed by atoms with Crippen molar-refractivity contribution in [3.8, 4) is 11.1 Å². The lowest BCUT2D eigenvalue weighted by Crippen LogP contribution is -2.45. The molecule has 0 spiro atoms.